The molecular weight excluding hydrogens is 256 g/mol. The lowest BCUT2D eigenvalue weighted by Gasteiger charge is -2.07. The van der Waals surface area contributed by atoms with E-state index >= 15 is 0 Å². The average molecular weight is 270 g/mol. The molecule has 0 unspecified atom stereocenters. The van der Waals surface area contributed by atoms with Crippen molar-refractivity contribution in [2.75, 3.05) is 12.8 Å². The van der Waals surface area contributed by atoms with E-state index in [2.05, 4.69) is 5.32 Å². The van der Waals surface area contributed by atoms with E-state index in [0.29, 0.717) is 5.56 Å². The van der Waals surface area contributed by atoms with E-state index < -0.39 is 21.7 Å². The molecule has 0 atom stereocenters. The third-order valence-corrected chi connectivity index (χ3v) is 3.38. The van der Waals surface area contributed by atoms with Gasteiger partial charge in [-0.1, -0.05) is 18.2 Å². The highest BCUT2D eigenvalue weighted by atomic mass is 32.2. The molecule has 0 radical (unpaired) electrons. The van der Waals surface area contributed by atoms with Gasteiger partial charge in [0.25, 0.3) is 0 Å². The lowest BCUT2D eigenvalue weighted by atomic mass is 10.1. The Kier molecular flexibility index (Phi) is 4.43. The second kappa shape index (κ2) is 5.63. The summed E-state index contributed by atoms with van der Waals surface area (Å²) < 4.78 is 23.0. The van der Waals surface area contributed by atoms with E-state index in [0.717, 1.165) is 6.26 Å². The van der Waals surface area contributed by atoms with E-state index in [4.69, 9.17) is 5.73 Å². The molecule has 1 aromatic rings. The van der Waals surface area contributed by atoms with Gasteiger partial charge in [-0.15, -0.1) is 0 Å². The van der Waals surface area contributed by atoms with Gasteiger partial charge >= 0.3 is 0 Å². The van der Waals surface area contributed by atoms with Gasteiger partial charge in [-0.25, -0.2) is 8.42 Å². The predicted octanol–water partition coefficient (Wildman–Crippen LogP) is -0.766. The highest BCUT2D eigenvalue weighted by molar-refractivity contribution is 7.90. The van der Waals surface area contributed by atoms with Crippen LogP contribution in [0.1, 0.15) is 5.56 Å². The Labute approximate surface area is 105 Å². The molecule has 0 saturated heterocycles. The van der Waals surface area contributed by atoms with Crippen LogP contribution in [0.4, 0.5) is 0 Å². The van der Waals surface area contributed by atoms with Crippen molar-refractivity contribution in [2.45, 2.75) is 11.3 Å². The zero-order valence-electron chi connectivity index (χ0n) is 9.84. The molecule has 7 heteroatoms. The van der Waals surface area contributed by atoms with E-state index in [-0.39, 0.29) is 17.9 Å². The summed E-state index contributed by atoms with van der Waals surface area (Å²) in [7, 11) is -3.38. The van der Waals surface area contributed by atoms with Crippen LogP contribution in [0.3, 0.4) is 0 Å². The standard InChI is InChI=1S/C11H14N2O4S/c1-18(16,17)9-5-3-2-4-8(9)6-11(15)13-7-10(12)14/h2-5H,6-7H2,1H3,(H2,12,14)(H,13,15). The SMILES string of the molecule is CS(=O)(=O)c1ccccc1CC(=O)NCC(N)=O. The van der Waals surface area contributed by atoms with Gasteiger partial charge in [-0.3, -0.25) is 9.59 Å². The number of carbonyl (C=O) groups excluding carboxylic acids is 2. The minimum absolute atomic E-state index is 0.110. The number of rotatable bonds is 5. The molecule has 0 aliphatic rings. The first-order valence-electron chi connectivity index (χ1n) is 5.13. The molecular formula is C11H14N2O4S. The third-order valence-electron chi connectivity index (χ3n) is 2.18. The third kappa shape index (κ3) is 4.17. The summed E-state index contributed by atoms with van der Waals surface area (Å²) in [6.07, 6.45) is 0.962. The Hall–Kier alpha value is -1.89. The second-order valence-electron chi connectivity index (χ2n) is 3.80. The number of nitrogens with one attached hydrogen (secondary N) is 1. The van der Waals surface area contributed by atoms with Crippen LogP contribution < -0.4 is 11.1 Å². The zero-order valence-corrected chi connectivity index (χ0v) is 10.7. The number of benzene rings is 1. The van der Waals surface area contributed by atoms with Crippen LogP contribution >= 0.6 is 0 Å². The quantitative estimate of drug-likeness (QED) is 0.733. The zero-order chi connectivity index (χ0) is 13.8. The Morgan fingerprint density at radius 2 is 1.89 bits per heavy atom. The smallest absolute Gasteiger partial charge is 0.236 e. The summed E-state index contributed by atoms with van der Waals surface area (Å²) in [5, 5.41) is 2.30. The summed E-state index contributed by atoms with van der Waals surface area (Å²) in [5.41, 5.74) is 5.27. The molecule has 0 spiro atoms. The summed E-state index contributed by atoms with van der Waals surface area (Å²) in [6, 6.07) is 6.22. The number of amides is 2. The van der Waals surface area contributed by atoms with Gasteiger partial charge in [0.1, 0.15) is 0 Å². The number of hydrogen-bond acceptors (Lipinski definition) is 4. The number of nitrogens with two attached hydrogens (primary N) is 1. The molecule has 0 aromatic heterocycles. The molecule has 6 nitrogen and oxygen atoms in total. The van der Waals surface area contributed by atoms with Gasteiger partial charge in [0, 0.05) is 6.26 Å². The fourth-order valence-corrected chi connectivity index (χ4v) is 2.38. The summed E-state index contributed by atoms with van der Waals surface area (Å²) >= 11 is 0. The summed E-state index contributed by atoms with van der Waals surface area (Å²) in [6.45, 7) is -0.264. The maximum Gasteiger partial charge on any atom is 0.236 e. The van der Waals surface area contributed by atoms with Gasteiger partial charge in [-0.05, 0) is 11.6 Å². The Morgan fingerprint density at radius 3 is 2.44 bits per heavy atom. The molecule has 0 aliphatic carbocycles. The number of sulfone groups is 1. The normalized spacial score (nSPS) is 10.9. The van der Waals surface area contributed by atoms with Crippen LogP contribution in [-0.4, -0.2) is 33.0 Å². The number of primary amides is 1. The Bertz CT molecular complexity index is 566. The van der Waals surface area contributed by atoms with E-state index in [1.54, 1.807) is 18.2 Å². The lowest BCUT2D eigenvalue weighted by molar-refractivity contribution is -0.124. The van der Waals surface area contributed by atoms with Crippen molar-refractivity contribution in [3.63, 3.8) is 0 Å². The minimum Gasteiger partial charge on any atom is -0.368 e. The van der Waals surface area contributed by atoms with Gasteiger partial charge in [0.05, 0.1) is 17.9 Å². The largest absolute Gasteiger partial charge is 0.368 e. The molecule has 0 heterocycles. The van der Waals surface area contributed by atoms with Crippen molar-refractivity contribution in [1.29, 1.82) is 0 Å². The van der Waals surface area contributed by atoms with Gasteiger partial charge in [-0.2, -0.15) is 0 Å². The maximum atomic E-state index is 11.5. The first-order chi connectivity index (χ1) is 8.30. The van der Waals surface area contributed by atoms with Crippen LogP contribution in [0.2, 0.25) is 0 Å². The van der Waals surface area contributed by atoms with Crippen molar-refractivity contribution in [2.24, 2.45) is 5.73 Å². The fourth-order valence-electron chi connectivity index (χ4n) is 1.43. The van der Waals surface area contributed by atoms with Crippen LogP contribution in [-0.2, 0) is 25.8 Å². The molecule has 98 valence electrons. The van der Waals surface area contributed by atoms with Gasteiger partial charge in [0.2, 0.25) is 11.8 Å². The van der Waals surface area contributed by atoms with Crippen LogP contribution in [0, 0.1) is 0 Å². The molecule has 0 aliphatic heterocycles. The Balaban J connectivity index is 2.85. The first-order valence-corrected chi connectivity index (χ1v) is 7.03. The molecule has 1 aromatic carbocycles. The molecule has 0 bridgehead atoms. The molecule has 0 fully saturated rings. The van der Waals surface area contributed by atoms with E-state index in [9.17, 15) is 18.0 Å². The van der Waals surface area contributed by atoms with Gasteiger partial charge < -0.3 is 11.1 Å². The first kappa shape index (κ1) is 14.2. The van der Waals surface area contributed by atoms with Crippen molar-refractivity contribution < 1.29 is 18.0 Å². The van der Waals surface area contributed by atoms with E-state index in [1.807, 2.05) is 0 Å². The van der Waals surface area contributed by atoms with E-state index in [1.165, 1.54) is 6.07 Å². The monoisotopic (exact) mass is 270 g/mol. The molecule has 1 rings (SSSR count). The lowest BCUT2D eigenvalue weighted by Crippen LogP contribution is -2.34. The minimum atomic E-state index is -3.38. The molecule has 0 saturated carbocycles. The maximum absolute atomic E-state index is 11.5. The van der Waals surface area contributed by atoms with Crippen LogP contribution in [0.15, 0.2) is 29.2 Å². The predicted molar refractivity (Wildman–Crippen MR) is 65.5 cm³/mol. The molecule has 18 heavy (non-hydrogen) atoms. The fraction of sp³-hybridized carbons (Fsp3) is 0.273. The molecule has 2 amide bonds. The highest BCUT2D eigenvalue weighted by Gasteiger charge is 2.14. The summed E-state index contributed by atoms with van der Waals surface area (Å²) in [4.78, 5) is 22.1. The van der Waals surface area contributed by atoms with Crippen molar-refractivity contribution in [3.05, 3.63) is 29.8 Å². The molecule has 3 N–H and O–H groups in total. The number of carbonyl (C=O) groups is 2. The van der Waals surface area contributed by atoms with Crippen molar-refractivity contribution in [3.8, 4) is 0 Å². The highest BCUT2D eigenvalue weighted by Crippen LogP contribution is 2.15. The topological polar surface area (TPSA) is 106 Å². The Morgan fingerprint density at radius 1 is 1.28 bits per heavy atom. The van der Waals surface area contributed by atoms with Gasteiger partial charge in [0.15, 0.2) is 9.84 Å². The average Bonchev–Trinajstić information content (AvgIpc) is 2.25. The summed E-state index contributed by atoms with van der Waals surface area (Å²) in [5.74, 6) is -1.11. The van der Waals surface area contributed by atoms with Crippen molar-refractivity contribution in [1.82, 2.24) is 5.32 Å². The second-order valence-corrected chi connectivity index (χ2v) is 5.78. The number of hydrogen-bond donors (Lipinski definition) is 2. The van der Waals surface area contributed by atoms with Crippen LogP contribution in [0.5, 0.6) is 0 Å². The van der Waals surface area contributed by atoms with Crippen LogP contribution in [0.25, 0.3) is 0 Å². The van der Waals surface area contributed by atoms with Crippen molar-refractivity contribution >= 4 is 21.7 Å².